The lowest BCUT2D eigenvalue weighted by atomic mass is 10.2. The number of hydrogen-bond donors (Lipinski definition) is 1. The van der Waals surface area contributed by atoms with Crippen molar-refractivity contribution in [2.45, 2.75) is 13.0 Å². The zero-order valence-corrected chi connectivity index (χ0v) is 12.1. The molecule has 0 aliphatic rings. The van der Waals surface area contributed by atoms with Crippen LogP contribution in [-0.2, 0) is 13.0 Å². The molecule has 0 aliphatic carbocycles. The van der Waals surface area contributed by atoms with Gasteiger partial charge in [0.1, 0.15) is 0 Å². The van der Waals surface area contributed by atoms with E-state index in [1.165, 1.54) is 6.39 Å². The normalized spacial score (nSPS) is 10.6. The maximum atomic E-state index is 6.14. The number of hydrogen-bond acceptors (Lipinski definition) is 6. The number of rotatable bonds is 7. The molecular formula is C13H16ClN3O3. The van der Waals surface area contributed by atoms with E-state index in [0.717, 1.165) is 12.1 Å². The largest absolute Gasteiger partial charge is 0.493 e. The molecule has 6 nitrogen and oxygen atoms in total. The quantitative estimate of drug-likeness (QED) is 0.789. The summed E-state index contributed by atoms with van der Waals surface area (Å²) >= 11 is 6.14. The molecule has 0 spiro atoms. The van der Waals surface area contributed by atoms with Gasteiger partial charge in [0, 0.05) is 19.5 Å². The maximum absolute atomic E-state index is 6.14. The molecule has 20 heavy (non-hydrogen) atoms. The highest BCUT2D eigenvalue weighted by atomic mass is 35.5. The van der Waals surface area contributed by atoms with Gasteiger partial charge in [-0.25, -0.2) is 0 Å². The van der Waals surface area contributed by atoms with E-state index in [0.29, 0.717) is 35.3 Å². The summed E-state index contributed by atoms with van der Waals surface area (Å²) in [5, 5.41) is 7.55. The van der Waals surface area contributed by atoms with Crippen LogP contribution in [0.25, 0.3) is 0 Å². The minimum atomic E-state index is 0.529. The second-order valence-corrected chi connectivity index (χ2v) is 4.49. The molecule has 2 aromatic rings. The van der Waals surface area contributed by atoms with Crippen molar-refractivity contribution in [1.82, 2.24) is 15.5 Å². The molecule has 1 heterocycles. The standard InChI is InChI=1S/C13H16ClN3O3/c1-18-11-6-9(5-10(14)13(11)19-2)7-15-4-3-12-16-8-20-17-12/h5-6,8,15H,3-4,7H2,1-2H3. The first-order valence-corrected chi connectivity index (χ1v) is 6.48. The molecule has 0 unspecified atom stereocenters. The Labute approximate surface area is 122 Å². The maximum Gasteiger partial charge on any atom is 0.213 e. The molecule has 0 saturated carbocycles. The Hall–Kier alpha value is -1.79. The number of ether oxygens (including phenoxy) is 2. The summed E-state index contributed by atoms with van der Waals surface area (Å²) in [4.78, 5) is 3.95. The van der Waals surface area contributed by atoms with Crippen LogP contribution in [0.3, 0.4) is 0 Å². The molecule has 1 aromatic heterocycles. The monoisotopic (exact) mass is 297 g/mol. The SMILES string of the molecule is COc1cc(CNCCc2ncon2)cc(Cl)c1OC. The van der Waals surface area contributed by atoms with E-state index in [2.05, 4.69) is 20.0 Å². The van der Waals surface area contributed by atoms with Crippen LogP contribution in [0, 0.1) is 0 Å². The van der Waals surface area contributed by atoms with Crippen molar-refractivity contribution < 1.29 is 14.0 Å². The fourth-order valence-electron chi connectivity index (χ4n) is 1.81. The zero-order valence-electron chi connectivity index (χ0n) is 11.4. The fraction of sp³-hybridized carbons (Fsp3) is 0.385. The van der Waals surface area contributed by atoms with Crippen LogP contribution >= 0.6 is 11.6 Å². The first-order chi connectivity index (χ1) is 9.74. The van der Waals surface area contributed by atoms with Crippen LogP contribution in [0.5, 0.6) is 11.5 Å². The topological polar surface area (TPSA) is 69.4 Å². The average Bonchev–Trinajstić information content (AvgIpc) is 2.96. The van der Waals surface area contributed by atoms with Crippen LogP contribution in [0.1, 0.15) is 11.4 Å². The zero-order chi connectivity index (χ0) is 14.4. The van der Waals surface area contributed by atoms with Crippen molar-refractivity contribution in [2.24, 2.45) is 0 Å². The van der Waals surface area contributed by atoms with Crippen molar-refractivity contribution in [3.63, 3.8) is 0 Å². The summed E-state index contributed by atoms with van der Waals surface area (Å²) in [7, 11) is 3.15. The Morgan fingerprint density at radius 3 is 2.80 bits per heavy atom. The first-order valence-electron chi connectivity index (χ1n) is 6.11. The van der Waals surface area contributed by atoms with Gasteiger partial charge in [0.15, 0.2) is 17.3 Å². The molecule has 0 radical (unpaired) electrons. The van der Waals surface area contributed by atoms with Gasteiger partial charge in [-0.15, -0.1) is 0 Å². The van der Waals surface area contributed by atoms with Gasteiger partial charge in [-0.05, 0) is 17.7 Å². The molecule has 7 heteroatoms. The first kappa shape index (κ1) is 14.6. The van der Waals surface area contributed by atoms with Gasteiger partial charge >= 0.3 is 0 Å². The van der Waals surface area contributed by atoms with Crippen LogP contribution in [0.2, 0.25) is 5.02 Å². The fourth-order valence-corrected chi connectivity index (χ4v) is 2.12. The minimum Gasteiger partial charge on any atom is -0.493 e. The van der Waals surface area contributed by atoms with Crippen molar-refractivity contribution in [2.75, 3.05) is 20.8 Å². The highest BCUT2D eigenvalue weighted by Crippen LogP contribution is 2.35. The van der Waals surface area contributed by atoms with E-state index in [4.69, 9.17) is 21.1 Å². The number of methoxy groups -OCH3 is 2. The summed E-state index contributed by atoms with van der Waals surface area (Å²) in [6, 6.07) is 3.75. The predicted octanol–water partition coefficient (Wildman–Crippen LogP) is 2.07. The van der Waals surface area contributed by atoms with Gasteiger partial charge < -0.3 is 19.3 Å². The van der Waals surface area contributed by atoms with Crippen LogP contribution in [-0.4, -0.2) is 30.9 Å². The lowest BCUT2D eigenvalue weighted by Crippen LogP contribution is -2.17. The molecule has 1 N–H and O–H groups in total. The number of halogens is 1. The summed E-state index contributed by atoms with van der Waals surface area (Å²) in [5.74, 6) is 1.85. The van der Waals surface area contributed by atoms with Crippen molar-refractivity contribution in [3.8, 4) is 11.5 Å². The summed E-state index contributed by atoms with van der Waals surface area (Å²) < 4.78 is 15.1. The molecule has 2 rings (SSSR count). The number of benzene rings is 1. The number of aromatic nitrogens is 2. The summed E-state index contributed by atoms with van der Waals surface area (Å²) in [6.07, 6.45) is 2.03. The Kier molecular flexibility index (Phi) is 5.20. The Morgan fingerprint density at radius 2 is 2.15 bits per heavy atom. The molecule has 0 saturated heterocycles. The summed E-state index contributed by atoms with van der Waals surface area (Å²) in [5.41, 5.74) is 1.01. The second-order valence-electron chi connectivity index (χ2n) is 4.09. The third kappa shape index (κ3) is 3.61. The smallest absolute Gasteiger partial charge is 0.213 e. The van der Waals surface area contributed by atoms with Gasteiger partial charge in [0.05, 0.1) is 19.2 Å². The second kappa shape index (κ2) is 7.12. The average molecular weight is 298 g/mol. The van der Waals surface area contributed by atoms with Crippen LogP contribution in [0.15, 0.2) is 23.0 Å². The Morgan fingerprint density at radius 1 is 1.30 bits per heavy atom. The van der Waals surface area contributed by atoms with Gasteiger partial charge in [-0.1, -0.05) is 16.8 Å². The molecular weight excluding hydrogens is 282 g/mol. The van der Waals surface area contributed by atoms with Crippen LogP contribution in [0.4, 0.5) is 0 Å². The number of nitrogens with zero attached hydrogens (tertiary/aromatic N) is 2. The lowest BCUT2D eigenvalue weighted by molar-refractivity contribution is 0.354. The van der Waals surface area contributed by atoms with Gasteiger partial charge in [-0.2, -0.15) is 4.98 Å². The molecule has 108 valence electrons. The van der Waals surface area contributed by atoms with E-state index in [9.17, 15) is 0 Å². The molecule has 0 fully saturated rings. The van der Waals surface area contributed by atoms with Gasteiger partial charge in [0.2, 0.25) is 6.39 Å². The van der Waals surface area contributed by atoms with E-state index in [1.54, 1.807) is 14.2 Å². The Balaban J connectivity index is 1.91. The highest BCUT2D eigenvalue weighted by Gasteiger charge is 2.10. The summed E-state index contributed by atoms with van der Waals surface area (Å²) in [6.45, 7) is 1.41. The molecule has 0 bridgehead atoms. The van der Waals surface area contributed by atoms with Gasteiger partial charge in [0.25, 0.3) is 0 Å². The van der Waals surface area contributed by atoms with Crippen molar-refractivity contribution in [1.29, 1.82) is 0 Å². The van der Waals surface area contributed by atoms with Crippen molar-refractivity contribution in [3.05, 3.63) is 34.9 Å². The highest BCUT2D eigenvalue weighted by molar-refractivity contribution is 6.32. The van der Waals surface area contributed by atoms with E-state index >= 15 is 0 Å². The molecule has 0 amide bonds. The lowest BCUT2D eigenvalue weighted by Gasteiger charge is -2.12. The van der Waals surface area contributed by atoms with Gasteiger partial charge in [-0.3, -0.25) is 0 Å². The Bertz CT molecular complexity index is 546. The minimum absolute atomic E-state index is 0.529. The third-order valence-electron chi connectivity index (χ3n) is 2.75. The predicted molar refractivity (Wildman–Crippen MR) is 74.3 cm³/mol. The molecule has 0 atom stereocenters. The molecule has 1 aromatic carbocycles. The number of nitrogens with one attached hydrogen (secondary N) is 1. The van der Waals surface area contributed by atoms with Crippen LogP contribution < -0.4 is 14.8 Å². The third-order valence-corrected chi connectivity index (χ3v) is 3.04. The van der Waals surface area contributed by atoms with E-state index < -0.39 is 0 Å². The van der Waals surface area contributed by atoms with E-state index in [1.807, 2.05) is 12.1 Å². The molecule has 0 aliphatic heterocycles. The van der Waals surface area contributed by atoms with E-state index in [-0.39, 0.29) is 0 Å². The van der Waals surface area contributed by atoms with Crippen molar-refractivity contribution >= 4 is 11.6 Å².